The fourth-order valence-electron chi connectivity index (χ4n) is 1.32. The summed E-state index contributed by atoms with van der Waals surface area (Å²) in [5, 5.41) is 4.42. The minimum atomic E-state index is 0.284. The first-order valence-electron chi connectivity index (χ1n) is 4.75. The minimum absolute atomic E-state index is 0.284. The van der Waals surface area contributed by atoms with Crippen molar-refractivity contribution in [3.05, 3.63) is 40.5 Å². The van der Waals surface area contributed by atoms with Crippen LogP contribution in [0.5, 0.6) is 5.75 Å². The summed E-state index contributed by atoms with van der Waals surface area (Å²) < 4.78 is 10.3. The molecule has 0 aliphatic rings. The van der Waals surface area contributed by atoms with Crippen LogP contribution >= 0.6 is 11.6 Å². The van der Waals surface area contributed by atoms with Crippen LogP contribution in [0.25, 0.3) is 0 Å². The quantitative estimate of drug-likeness (QED) is 0.893. The first-order chi connectivity index (χ1) is 7.65. The van der Waals surface area contributed by atoms with E-state index in [9.17, 15) is 0 Å². The highest BCUT2D eigenvalue weighted by atomic mass is 35.5. The summed E-state index contributed by atoms with van der Waals surface area (Å²) in [5.41, 5.74) is 7.03. The fraction of sp³-hybridized carbons (Fsp3) is 0.182. The van der Waals surface area contributed by atoms with Gasteiger partial charge in [0.1, 0.15) is 18.1 Å². The molecule has 5 heteroatoms. The molecule has 0 spiro atoms. The lowest BCUT2D eigenvalue weighted by Gasteiger charge is -2.07. The third-order valence-corrected chi connectivity index (χ3v) is 2.32. The summed E-state index contributed by atoms with van der Waals surface area (Å²) in [4.78, 5) is 0. The Morgan fingerprint density at radius 3 is 2.88 bits per heavy atom. The summed E-state index contributed by atoms with van der Waals surface area (Å²) in [6.45, 7) is 2.25. The number of halogens is 1. The monoisotopic (exact) mass is 238 g/mol. The van der Waals surface area contributed by atoms with E-state index in [1.807, 2.05) is 19.1 Å². The number of aromatic nitrogens is 1. The van der Waals surface area contributed by atoms with Crippen molar-refractivity contribution in [1.82, 2.24) is 5.16 Å². The molecule has 0 atom stereocenters. The topological polar surface area (TPSA) is 61.3 Å². The van der Waals surface area contributed by atoms with Gasteiger partial charge in [0, 0.05) is 11.1 Å². The van der Waals surface area contributed by atoms with Gasteiger partial charge in [-0.25, -0.2) is 0 Å². The summed E-state index contributed by atoms with van der Waals surface area (Å²) in [6, 6.07) is 7.07. The standard InChI is InChI=1S/C11H11ClN2O2/c1-7-4-8(12)2-3-10(7)15-6-9-5-11(13)16-14-9/h2-5H,6,13H2,1H3. The number of nitrogen functional groups attached to an aromatic ring is 1. The van der Waals surface area contributed by atoms with E-state index in [1.165, 1.54) is 0 Å². The molecule has 2 aromatic rings. The number of nitrogens with two attached hydrogens (primary N) is 1. The van der Waals surface area contributed by atoms with E-state index in [0.717, 1.165) is 11.3 Å². The molecular weight excluding hydrogens is 228 g/mol. The zero-order valence-corrected chi connectivity index (χ0v) is 9.49. The number of rotatable bonds is 3. The van der Waals surface area contributed by atoms with E-state index < -0.39 is 0 Å². The molecule has 0 aliphatic heterocycles. The highest BCUT2D eigenvalue weighted by Gasteiger charge is 2.04. The van der Waals surface area contributed by atoms with E-state index in [0.29, 0.717) is 17.3 Å². The number of nitrogens with zero attached hydrogens (tertiary/aromatic N) is 1. The maximum absolute atomic E-state index is 5.84. The molecule has 0 unspecified atom stereocenters. The second kappa shape index (κ2) is 4.45. The second-order valence-electron chi connectivity index (χ2n) is 3.42. The molecule has 84 valence electrons. The molecule has 0 saturated carbocycles. The second-order valence-corrected chi connectivity index (χ2v) is 3.86. The van der Waals surface area contributed by atoms with Gasteiger partial charge < -0.3 is 15.0 Å². The van der Waals surface area contributed by atoms with Gasteiger partial charge in [-0.15, -0.1) is 0 Å². The van der Waals surface area contributed by atoms with Gasteiger partial charge in [-0.05, 0) is 30.7 Å². The van der Waals surface area contributed by atoms with Crippen molar-refractivity contribution >= 4 is 17.5 Å². The van der Waals surface area contributed by atoms with Crippen LogP contribution in [-0.2, 0) is 6.61 Å². The van der Waals surface area contributed by atoms with E-state index in [1.54, 1.807) is 12.1 Å². The number of hydrogen-bond acceptors (Lipinski definition) is 4. The molecule has 2 rings (SSSR count). The summed E-state index contributed by atoms with van der Waals surface area (Å²) in [6.07, 6.45) is 0. The van der Waals surface area contributed by atoms with Gasteiger partial charge in [0.25, 0.3) is 0 Å². The molecule has 0 bridgehead atoms. The Bertz CT molecular complexity index is 496. The SMILES string of the molecule is Cc1cc(Cl)ccc1OCc1cc(N)on1. The number of hydrogen-bond donors (Lipinski definition) is 1. The molecule has 2 N–H and O–H groups in total. The van der Waals surface area contributed by atoms with Gasteiger partial charge in [-0.1, -0.05) is 16.8 Å². The van der Waals surface area contributed by atoms with Gasteiger partial charge >= 0.3 is 0 Å². The predicted molar refractivity (Wildman–Crippen MR) is 61.4 cm³/mol. The third-order valence-electron chi connectivity index (χ3n) is 2.09. The molecule has 1 aromatic carbocycles. The molecular formula is C11H11ClN2O2. The van der Waals surface area contributed by atoms with Crippen LogP contribution < -0.4 is 10.5 Å². The highest BCUT2D eigenvalue weighted by Crippen LogP contribution is 2.22. The zero-order chi connectivity index (χ0) is 11.5. The molecule has 0 radical (unpaired) electrons. The molecule has 0 amide bonds. The zero-order valence-electron chi connectivity index (χ0n) is 8.74. The molecule has 16 heavy (non-hydrogen) atoms. The molecule has 0 saturated heterocycles. The lowest BCUT2D eigenvalue weighted by Crippen LogP contribution is -1.97. The average Bonchev–Trinajstić information content (AvgIpc) is 2.63. The van der Waals surface area contributed by atoms with E-state index in [4.69, 9.17) is 26.6 Å². The van der Waals surface area contributed by atoms with Crippen molar-refractivity contribution in [2.45, 2.75) is 13.5 Å². The number of aryl methyl sites for hydroxylation is 1. The van der Waals surface area contributed by atoms with Gasteiger partial charge in [-0.2, -0.15) is 0 Å². The Hall–Kier alpha value is -1.68. The first kappa shape index (κ1) is 10.8. The normalized spacial score (nSPS) is 10.4. The number of anilines is 1. The third kappa shape index (κ3) is 2.46. The fourth-order valence-corrected chi connectivity index (χ4v) is 1.55. The van der Waals surface area contributed by atoms with E-state index >= 15 is 0 Å². The Kier molecular flexibility index (Phi) is 3.01. The van der Waals surface area contributed by atoms with Gasteiger partial charge in [-0.3, -0.25) is 0 Å². The smallest absolute Gasteiger partial charge is 0.222 e. The highest BCUT2D eigenvalue weighted by molar-refractivity contribution is 6.30. The maximum atomic E-state index is 5.84. The van der Waals surface area contributed by atoms with Gasteiger partial charge in [0.2, 0.25) is 5.88 Å². The molecule has 4 nitrogen and oxygen atoms in total. The minimum Gasteiger partial charge on any atom is -0.487 e. The van der Waals surface area contributed by atoms with Crippen molar-refractivity contribution in [2.75, 3.05) is 5.73 Å². The predicted octanol–water partition coefficient (Wildman–Crippen LogP) is 2.80. The molecule has 1 heterocycles. The summed E-state index contributed by atoms with van der Waals surface area (Å²) >= 11 is 5.84. The van der Waals surface area contributed by atoms with Gasteiger partial charge in [0.05, 0.1) is 0 Å². The van der Waals surface area contributed by atoms with Crippen LogP contribution in [0.15, 0.2) is 28.8 Å². The van der Waals surface area contributed by atoms with E-state index in [2.05, 4.69) is 5.16 Å². The Labute approximate surface area is 97.9 Å². The Morgan fingerprint density at radius 2 is 2.25 bits per heavy atom. The van der Waals surface area contributed by atoms with Crippen molar-refractivity contribution in [3.63, 3.8) is 0 Å². The summed E-state index contributed by atoms with van der Waals surface area (Å²) in [5.74, 6) is 1.05. The average molecular weight is 239 g/mol. The Balaban J connectivity index is 2.04. The maximum Gasteiger partial charge on any atom is 0.222 e. The molecule has 1 aromatic heterocycles. The van der Waals surface area contributed by atoms with Crippen molar-refractivity contribution in [3.8, 4) is 5.75 Å². The van der Waals surface area contributed by atoms with Crippen molar-refractivity contribution < 1.29 is 9.26 Å². The summed E-state index contributed by atoms with van der Waals surface area (Å²) in [7, 11) is 0. The lowest BCUT2D eigenvalue weighted by atomic mass is 10.2. The number of benzene rings is 1. The molecule has 0 fully saturated rings. The van der Waals surface area contributed by atoms with E-state index in [-0.39, 0.29) is 5.88 Å². The first-order valence-corrected chi connectivity index (χ1v) is 5.13. The number of ether oxygens (including phenoxy) is 1. The van der Waals surface area contributed by atoms with Crippen LogP contribution in [0.1, 0.15) is 11.3 Å². The van der Waals surface area contributed by atoms with Crippen LogP contribution in [0.2, 0.25) is 5.02 Å². The van der Waals surface area contributed by atoms with Gasteiger partial charge in [0.15, 0.2) is 0 Å². The largest absolute Gasteiger partial charge is 0.487 e. The lowest BCUT2D eigenvalue weighted by molar-refractivity contribution is 0.288. The molecule has 0 aliphatic carbocycles. The van der Waals surface area contributed by atoms with Crippen molar-refractivity contribution in [1.29, 1.82) is 0 Å². The van der Waals surface area contributed by atoms with Crippen LogP contribution in [0, 0.1) is 6.92 Å². The Morgan fingerprint density at radius 1 is 1.44 bits per heavy atom. The van der Waals surface area contributed by atoms with Crippen molar-refractivity contribution in [2.24, 2.45) is 0 Å². The van der Waals surface area contributed by atoms with Crippen LogP contribution in [0.4, 0.5) is 5.88 Å². The van der Waals surface area contributed by atoms with Crippen LogP contribution in [-0.4, -0.2) is 5.16 Å². The van der Waals surface area contributed by atoms with Crippen LogP contribution in [0.3, 0.4) is 0 Å².